The SMILES string of the molecule is COc1cccc(C2NC(=O)N(Cc3cccc(C)c3)C(C)=C2c2nc(-c3ccccc3)no2)c1. The third-order valence-corrected chi connectivity index (χ3v) is 6.14. The van der Waals surface area contributed by atoms with E-state index in [9.17, 15) is 4.79 Å². The van der Waals surface area contributed by atoms with Crippen LogP contribution in [0.3, 0.4) is 0 Å². The van der Waals surface area contributed by atoms with Gasteiger partial charge in [-0.2, -0.15) is 4.98 Å². The minimum absolute atomic E-state index is 0.191. The Morgan fingerprint density at radius 1 is 1.00 bits per heavy atom. The molecule has 0 fully saturated rings. The van der Waals surface area contributed by atoms with Crippen LogP contribution in [0.1, 0.15) is 35.5 Å². The van der Waals surface area contributed by atoms with Gasteiger partial charge in [0, 0.05) is 11.3 Å². The minimum Gasteiger partial charge on any atom is -0.497 e. The number of allylic oxidation sites excluding steroid dienone is 1. The number of ether oxygens (including phenoxy) is 1. The Morgan fingerprint density at radius 2 is 1.80 bits per heavy atom. The number of rotatable bonds is 6. The molecule has 5 rings (SSSR count). The monoisotopic (exact) mass is 466 g/mol. The van der Waals surface area contributed by atoms with Crippen LogP contribution in [0.5, 0.6) is 5.75 Å². The van der Waals surface area contributed by atoms with Crippen LogP contribution in [0.2, 0.25) is 0 Å². The molecule has 0 radical (unpaired) electrons. The normalized spacial score (nSPS) is 15.8. The molecule has 7 heteroatoms. The Labute approximate surface area is 204 Å². The maximum absolute atomic E-state index is 13.3. The predicted octanol–water partition coefficient (Wildman–Crippen LogP) is 5.75. The first kappa shape index (κ1) is 22.4. The molecule has 0 aliphatic carbocycles. The number of hydrogen-bond acceptors (Lipinski definition) is 5. The summed E-state index contributed by atoms with van der Waals surface area (Å²) in [7, 11) is 1.62. The number of carbonyl (C=O) groups is 1. The van der Waals surface area contributed by atoms with Gasteiger partial charge in [-0.1, -0.05) is 77.5 Å². The smallest absolute Gasteiger partial charge is 0.322 e. The van der Waals surface area contributed by atoms with Crippen LogP contribution in [-0.4, -0.2) is 28.2 Å². The van der Waals surface area contributed by atoms with Gasteiger partial charge in [-0.3, -0.25) is 4.90 Å². The molecular weight excluding hydrogens is 440 g/mol. The molecule has 1 aliphatic rings. The maximum Gasteiger partial charge on any atom is 0.322 e. The van der Waals surface area contributed by atoms with Crippen molar-refractivity contribution >= 4 is 11.6 Å². The number of methoxy groups -OCH3 is 1. The molecule has 1 aliphatic heterocycles. The van der Waals surface area contributed by atoms with Crippen LogP contribution in [0.25, 0.3) is 17.0 Å². The Bertz CT molecular complexity index is 1390. The molecule has 1 unspecified atom stereocenters. The minimum atomic E-state index is -0.476. The lowest BCUT2D eigenvalue weighted by Gasteiger charge is -2.35. The Hall–Kier alpha value is -4.39. The van der Waals surface area contributed by atoms with Crippen molar-refractivity contribution in [1.82, 2.24) is 20.4 Å². The van der Waals surface area contributed by atoms with Gasteiger partial charge in [0.25, 0.3) is 5.89 Å². The van der Waals surface area contributed by atoms with Crippen molar-refractivity contribution in [2.45, 2.75) is 26.4 Å². The fourth-order valence-corrected chi connectivity index (χ4v) is 4.35. The van der Waals surface area contributed by atoms with Crippen LogP contribution >= 0.6 is 0 Å². The molecule has 2 amide bonds. The fourth-order valence-electron chi connectivity index (χ4n) is 4.35. The average molecular weight is 467 g/mol. The van der Waals surface area contributed by atoms with Crippen molar-refractivity contribution in [1.29, 1.82) is 0 Å². The number of aryl methyl sites for hydroxylation is 1. The van der Waals surface area contributed by atoms with E-state index in [-0.39, 0.29) is 6.03 Å². The van der Waals surface area contributed by atoms with E-state index >= 15 is 0 Å². The van der Waals surface area contributed by atoms with Gasteiger partial charge >= 0.3 is 6.03 Å². The molecular formula is C28H26N4O3. The first-order valence-electron chi connectivity index (χ1n) is 11.4. The maximum atomic E-state index is 13.3. The second kappa shape index (κ2) is 9.46. The van der Waals surface area contributed by atoms with Crippen molar-refractivity contribution in [3.63, 3.8) is 0 Å². The van der Waals surface area contributed by atoms with Gasteiger partial charge in [0.2, 0.25) is 5.82 Å². The van der Waals surface area contributed by atoms with E-state index in [1.165, 1.54) is 0 Å². The van der Waals surface area contributed by atoms with Crippen LogP contribution in [0, 0.1) is 6.92 Å². The topological polar surface area (TPSA) is 80.5 Å². The van der Waals surface area contributed by atoms with Crippen molar-refractivity contribution < 1.29 is 14.1 Å². The second-order valence-corrected chi connectivity index (χ2v) is 8.52. The standard InChI is InChI=1S/C28H26N4O3/c1-18-9-7-10-20(15-18)17-32-19(2)24(27-30-26(31-35-27)21-11-5-4-6-12-21)25(29-28(32)33)22-13-8-14-23(16-22)34-3/h4-16,25H,17H2,1-3H3,(H,29,33). The van der Waals surface area contributed by atoms with Gasteiger partial charge < -0.3 is 14.6 Å². The summed E-state index contributed by atoms with van der Waals surface area (Å²) in [5.74, 6) is 1.56. The summed E-state index contributed by atoms with van der Waals surface area (Å²) in [6.45, 7) is 4.38. The van der Waals surface area contributed by atoms with E-state index in [2.05, 4.69) is 16.5 Å². The molecule has 1 N–H and O–H groups in total. The van der Waals surface area contributed by atoms with Crippen LogP contribution < -0.4 is 10.1 Å². The summed E-state index contributed by atoms with van der Waals surface area (Å²) in [6, 6.07) is 24.7. The number of amides is 2. The molecule has 1 aromatic heterocycles. The quantitative estimate of drug-likeness (QED) is 0.391. The molecule has 176 valence electrons. The molecule has 0 saturated carbocycles. The number of nitrogens with zero attached hydrogens (tertiary/aromatic N) is 3. The molecule has 1 atom stereocenters. The lowest BCUT2D eigenvalue weighted by molar-refractivity contribution is 0.203. The first-order valence-corrected chi connectivity index (χ1v) is 11.4. The zero-order valence-electron chi connectivity index (χ0n) is 19.9. The summed E-state index contributed by atoms with van der Waals surface area (Å²) in [5.41, 5.74) is 5.40. The van der Waals surface area contributed by atoms with Gasteiger partial charge in [0.1, 0.15) is 5.75 Å². The van der Waals surface area contributed by atoms with Crippen molar-refractivity contribution in [2.75, 3.05) is 7.11 Å². The molecule has 2 heterocycles. The van der Waals surface area contributed by atoms with Gasteiger partial charge in [-0.05, 0) is 37.1 Å². The Morgan fingerprint density at radius 3 is 2.57 bits per heavy atom. The van der Waals surface area contributed by atoms with Crippen LogP contribution in [-0.2, 0) is 6.54 Å². The fraction of sp³-hybridized carbons (Fsp3) is 0.179. The zero-order valence-corrected chi connectivity index (χ0v) is 19.9. The summed E-state index contributed by atoms with van der Waals surface area (Å²) in [4.78, 5) is 19.7. The van der Waals surface area contributed by atoms with Crippen molar-refractivity contribution in [3.05, 3.63) is 107 Å². The summed E-state index contributed by atoms with van der Waals surface area (Å²) >= 11 is 0. The number of urea groups is 1. The summed E-state index contributed by atoms with van der Waals surface area (Å²) in [5, 5.41) is 7.36. The summed E-state index contributed by atoms with van der Waals surface area (Å²) in [6.07, 6.45) is 0. The third-order valence-electron chi connectivity index (χ3n) is 6.14. The number of nitrogens with one attached hydrogen (secondary N) is 1. The van der Waals surface area contributed by atoms with Gasteiger partial charge in [-0.25, -0.2) is 4.79 Å². The van der Waals surface area contributed by atoms with Gasteiger partial charge in [0.05, 0.1) is 25.3 Å². The number of aromatic nitrogens is 2. The molecule has 35 heavy (non-hydrogen) atoms. The molecule has 0 saturated heterocycles. The third kappa shape index (κ3) is 4.53. The Kier molecular flexibility index (Phi) is 6.06. The van der Waals surface area contributed by atoms with E-state index in [1.807, 2.05) is 86.6 Å². The molecule has 3 aromatic carbocycles. The molecule has 4 aromatic rings. The lowest BCUT2D eigenvalue weighted by atomic mass is 9.94. The Balaban J connectivity index is 1.61. The van der Waals surface area contributed by atoms with Crippen LogP contribution in [0.4, 0.5) is 4.79 Å². The van der Waals surface area contributed by atoms with E-state index in [1.54, 1.807) is 12.0 Å². The van der Waals surface area contributed by atoms with E-state index in [4.69, 9.17) is 14.2 Å². The first-order chi connectivity index (χ1) is 17.0. The molecule has 0 bridgehead atoms. The largest absolute Gasteiger partial charge is 0.497 e. The van der Waals surface area contributed by atoms with Crippen molar-refractivity contribution in [3.8, 4) is 17.1 Å². The molecule has 7 nitrogen and oxygen atoms in total. The average Bonchev–Trinajstić information content (AvgIpc) is 3.36. The highest BCUT2D eigenvalue weighted by Crippen LogP contribution is 2.38. The lowest BCUT2D eigenvalue weighted by Crippen LogP contribution is -2.45. The van der Waals surface area contributed by atoms with E-state index < -0.39 is 6.04 Å². The summed E-state index contributed by atoms with van der Waals surface area (Å²) < 4.78 is 11.2. The number of hydrogen-bond donors (Lipinski definition) is 1. The molecule has 0 spiro atoms. The van der Waals surface area contributed by atoms with Gasteiger partial charge in [-0.15, -0.1) is 0 Å². The zero-order chi connectivity index (χ0) is 24.4. The number of carbonyl (C=O) groups excluding carboxylic acids is 1. The number of benzene rings is 3. The van der Waals surface area contributed by atoms with E-state index in [0.29, 0.717) is 24.0 Å². The van der Waals surface area contributed by atoms with Gasteiger partial charge in [0.15, 0.2) is 0 Å². The van der Waals surface area contributed by atoms with Crippen molar-refractivity contribution in [2.24, 2.45) is 0 Å². The highest BCUT2D eigenvalue weighted by Gasteiger charge is 2.36. The van der Waals surface area contributed by atoms with E-state index in [0.717, 1.165) is 33.5 Å². The second-order valence-electron chi connectivity index (χ2n) is 8.52. The van der Waals surface area contributed by atoms with Crippen LogP contribution in [0.15, 0.2) is 89.1 Å². The highest BCUT2D eigenvalue weighted by atomic mass is 16.5. The highest BCUT2D eigenvalue weighted by molar-refractivity contribution is 5.87. The predicted molar refractivity (Wildman–Crippen MR) is 133 cm³/mol.